The summed E-state index contributed by atoms with van der Waals surface area (Å²) in [5.74, 6) is -1.83. The Morgan fingerprint density at radius 3 is 2.63 bits per heavy atom. The van der Waals surface area contributed by atoms with Crippen molar-refractivity contribution in [2.75, 3.05) is 5.32 Å². The molecule has 2 nitrogen and oxygen atoms in total. The molecule has 0 fully saturated rings. The van der Waals surface area contributed by atoms with E-state index < -0.39 is 17.5 Å². The molecule has 0 radical (unpaired) electrons. The molecule has 0 aliphatic rings. The zero-order valence-corrected chi connectivity index (χ0v) is 11.9. The topological polar surface area (TPSA) is 29.1 Å². The van der Waals surface area contributed by atoms with Crippen molar-refractivity contribution < 1.29 is 13.6 Å². The summed E-state index contributed by atoms with van der Waals surface area (Å²) in [4.78, 5) is 12.4. The third-order valence-electron chi connectivity index (χ3n) is 2.37. The summed E-state index contributed by atoms with van der Waals surface area (Å²) in [6, 6.07) is 7.74. The van der Waals surface area contributed by atoms with Crippen LogP contribution < -0.4 is 5.32 Å². The van der Waals surface area contributed by atoms with E-state index in [2.05, 4.69) is 33.9 Å². The number of carbonyl (C=O) groups excluding carboxylic acids is 1. The number of thiol groups is 1. The lowest BCUT2D eigenvalue weighted by Gasteiger charge is -2.08. The highest BCUT2D eigenvalue weighted by molar-refractivity contribution is 9.10. The molecule has 0 spiro atoms. The normalized spacial score (nSPS) is 10.3. The second-order valence-corrected chi connectivity index (χ2v) is 5.11. The maximum Gasteiger partial charge on any atom is 0.258 e. The Hall–Kier alpha value is -1.40. The first-order chi connectivity index (χ1) is 8.97. The number of halogens is 3. The Bertz CT molecular complexity index is 649. The minimum atomic E-state index is -0.667. The van der Waals surface area contributed by atoms with Crippen LogP contribution >= 0.6 is 28.6 Å². The van der Waals surface area contributed by atoms with Crippen LogP contribution in [0.5, 0.6) is 0 Å². The SMILES string of the molecule is O=C(Nc1cc(F)ccc1Br)c1cc(S)ccc1F. The van der Waals surface area contributed by atoms with Crippen molar-refractivity contribution in [2.24, 2.45) is 0 Å². The van der Waals surface area contributed by atoms with Gasteiger partial charge in [0.05, 0.1) is 11.3 Å². The van der Waals surface area contributed by atoms with Gasteiger partial charge in [0, 0.05) is 9.37 Å². The van der Waals surface area contributed by atoms with Gasteiger partial charge in [-0.15, -0.1) is 12.6 Å². The molecular formula is C13H8BrF2NOS. The fraction of sp³-hybridized carbons (Fsp3) is 0. The average Bonchev–Trinajstić information content (AvgIpc) is 2.36. The van der Waals surface area contributed by atoms with Crippen molar-refractivity contribution in [3.63, 3.8) is 0 Å². The Kier molecular flexibility index (Phi) is 4.21. The molecule has 6 heteroatoms. The molecule has 0 aliphatic carbocycles. The zero-order valence-electron chi connectivity index (χ0n) is 9.45. The average molecular weight is 344 g/mol. The second kappa shape index (κ2) is 5.71. The summed E-state index contributed by atoms with van der Waals surface area (Å²) in [7, 11) is 0. The number of hydrogen-bond acceptors (Lipinski definition) is 2. The van der Waals surface area contributed by atoms with Crippen molar-refractivity contribution >= 4 is 40.2 Å². The smallest absolute Gasteiger partial charge is 0.258 e. The molecule has 2 aromatic rings. The van der Waals surface area contributed by atoms with Crippen LogP contribution in [0.25, 0.3) is 0 Å². The Morgan fingerprint density at radius 2 is 1.89 bits per heavy atom. The van der Waals surface area contributed by atoms with Crippen molar-refractivity contribution in [3.8, 4) is 0 Å². The summed E-state index contributed by atoms with van der Waals surface area (Å²) in [6.45, 7) is 0. The Labute approximate surface area is 122 Å². The summed E-state index contributed by atoms with van der Waals surface area (Å²) in [5.41, 5.74) is 0.0811. The number of rotatable bonds is 2. The van der Waals surface area contributed by atoms with Gasteiger partial charge in [-0.25, -0.2) is 8.78 Å². The quantitative estimate of drug-likeness (QED) is 0.783. The van der Waals surface area contributed by atoms with Gasteiger partial charge >= 0.3 is 0 Å². The third-order valence-corrected chi connectivity index (χ3v) is 3.34. The molecular weight excluding hydrogens is 336 g/mol. The fourth-order valence-corrected chi connectivity index (χ4v) is 2.02. The number of anilines is 1. The van der Waals surface area contributed by atoms with E-state index in [0.29, 0.717) is 9.37 Å². The fourth-order valence-electron chi connectivity index (χ4n) is 1.47. The maximum atomic E-state index is 13.5. The molecule has 0 atom stereocenters. The highest BCUT2D eigenvalue weighted by Gasteiger charge is 2.13. The van der Waals surface area contributed by atoms with Gasteiger partial charge in [-0.05, 0) is 52.3 Å². The lowest BCUT2D eigenvalue weighted by molar-refractivity contribution is 0.102. The molecule has 0 bridgehead atoms. The highest BCUT2D eigenvalue weighted by atomic mass is 79.9. The largest absolute Gasteiger partial charge is 0.321 e. The van der Waals surface area contributed by atoms with E-state index >= 15 is 0 Å². The van der Waals surface area contributed by atoms with Gasteiger partial charge in [0.1, 0.15) is 11.6 Å². The molecule has 1 N–H and O–H groups in total. The minimum absolute atomic E-state index is 0.149. The molecule has 0 unspecified atom stereocenters. The maximum absolute atomic E-state index is 13.5. The van der Waals surface area contributed by atoms with Gasteiger partial charge in [-0.3, -0.25) is 4.79 Å². The number of amides is 1. The van der Waals surface area contributed by atoms with E-state index in [4.69, 9.17) is 0 Å². The molecule has 2 rings (SSSR count). The minimum Gasteiger partial charge on any atom is -0.321 e. The monoisotopic (exact) mass is 343 g/mol. The lowest BCUT2D eigenvalue weighted by atomic mass is 10.2. The van der Waals surface area contributed by atoms with E-state index in [0.717, 1.165) is 12.1 Å². The summed E-state index contributed by atoms with van der Waals surface area (Å²) >= 11 is 7.22. The molecule has 0 saturated carbocycles. The van der Waals surface area contributed by atoms with Crippen LogP contribution in [0, 0.1) is 11.6 Å². The van der Waals surface area contributed by atoms with E-state index in [9.17, 15) is 13.6 Å². The molecule has 0 aromatic heterocycles. The highest BCUT2D eigenvalue weighted by Crippen LogP contribution is 2.24. The van der Waals surface area contributed by atoms with Gasteiger partial charge in [0.15, 0.2) is 0 Å². The Balaban J connectivity index is 2.30. The van der Waals surface area contributed by atoms with Gasteiger partial charge in [0.2, 0.25) is 0 Å². The molecule has 0 heterocycles. The summed E-state index contributed by atoms with van der Waals surface area (Å²) in [6.07, 6.45) is 0. The van der Waals surface area contributed by atoms with Crippen molar-refractivity contribution in [1.82, 2.24) is 0 Å². The van der Waals surface area contributed by atoms with E-state index in [1.807, 2.05) is 0 Å². The standard InChI is InChI=1S/C13H8BrF2NOS/c14-10-3-1-7(15)5-12(10)17-13(18)9-6-8(19)2-4-11(9)16/h1-6,19H,(H,17,18). The first-order valence-corrected chi connectivity index (χ1v) is 6.46. The van der Waals surface area contributed by atoms with E-state index in [1.165, 1.54) is 24.3 Å². The first kappa shape index (κ1) is 14.0. The third kappa shape index (κ3) is 3.33. The van der Waals surface area contributed by atoms with Crippen LogP contribution in [0.15, 0.2) is 45.8 Å². The summed E-state index contributed by atoms with van der Waals surface area (Å²) in [5, 5.41) is 2.44. The molecule has 98 valence electrons. The van der Waals surface area contributed by atoms with Gasteiger partial charge in [-0.1, -0.05) is 0 Å². The number of hydrogen-bond donors (Lipinski definition) is 2. The van der Waals surface area contributed by atoms with Crippen LogP contribution in [-0.4, -0.2) is 5.91 Å². The number of carbonyl (C=O) groups is 1. The zero-order chi connectivity index (χ0) is 14.0. The number of benzene rings is 2. The van der Waals surface area contributed by atoms with Gasteiger partial charge in [-0.2, -0.15) is 0 Å². The predicted molar refractivity (Wildman–Crippen MR) is 75.7 cm³/mol. The van der Waals surface area contributed by atoms with E-state index in [-0.39, 0.29) is 11.3 Å². The van der Waals surface area contributed by atoms with Gasteiger partial charge in [0.25, 0.3) is 5.91 Å². The lowest BCUT2D eigenvalue weighted by Crippen LogP contribution is -2.14. The molecule has 19 heavy (non-hydrogen) atoms. The predicted octanol–water partition coefficient (Wildman–Crippen LogP) is 4.27. The first-order valence-electron chi connectivity index (χ1n) is 5.22. The van der Waals surface area contributed by atoms with Crippen LogP contribution in [0.2, 0.25) is 0 Å². The summed E-state index contributed by atoms with van der Waals surface area (Å²) < 4.78 is 27.1. The van der Waals surface area contributed by atoms with Crippen molar-refractivity contribution in [3.05, 3.63) is 58.1 Å². The van der Waals surface area contributed by atoms with Crippen molar-refractivity contribution in [2.45, 2.75) is 4.90 Å². The Morgan fingerprint density at radius 1 is 1.16 bits per heavy atom. The second-order valence-electron chi connectivity index (χ2n) is 3.74. The van der Waals surface area contributed by atoms with Crippen LogP contribution in [0.4, 0.5) is 14.5 Å². The van der Waals surface area contributed by atoms with E-state index in [1.54, 1.807) is 0 Å². The van der Waals surface area contributed by atoms with Crippen LogP contribution in [0.3, 0.4) is 0 Å². The number of nitrogens with one attached hydrogen (secondary N) is 1. The molecule has 0 saturated heterocycles. The molecule has 2 aromatic carbocycles. The van der Waals surface area contributed by atoms with Crippen LogP contribution in [-0.2, 0) is 0 Å². The van der Waals surface area contributed by atoms with Crippen LogP contribution in [0.1, 0.15) is 10.4 Å². The van der Waals surface area contributed by atoms with Gasteiger partial charge < -0.3 is 5.32 Å². The van der Waals surface area contributed by atoms with Crippen molar-refractivity contribution in [1.29, 1.82) is 0 Å². The molecule has 0 aliphatic heterocycles. The molecule has 1 amide bonds.